The van der Waals surface area contributed by atoms with Crippen molar-refractivity contribution in [3.05, 3.63) is 102 Å². The molecule has 0 amide bonds. The van der Waals surface area contributed by atoms with Gasteiger partial charge in [0.15, 0.2) is 11.8 Å². The second-order valence-electron chi connectivity index (χ2n) is 7.80. The van der Waals surface area contributed by atoms with Crippen LogP contribution in [0.4, 0.5) is 5.69 Å². The van der Waals surface area contributed by atoms with Crippen molar-refractivity contribution in [3.8, 4) is 0 Å². The van der Waals surface area contributed by atoms with Gasteiger partial charge in [-0.3, -0.25) is 4.79 Å². The second kappa shape index (κ2) is 8.54. The monoisotopic (exact) mass is 399 g/mol. The molecule has 0 saturated carbocycles. The Bertz CT molecular complexity index is 1010. The molecule has 4 rings (SSSR count). The van der Waals surface area contributed by atoms with Gasteiger partial charge in [0.2, 0.25) is 0 Å². The lowest BCUT2D eigenvalue weighted by Gasteiger charge is -2.39. The number of anilines is 1. The number of rotatable bonds is 6. The molecule has 3 aromatic rings. The number of Topliss-reactive ketones (excluding diaryl/α,β-unsaturated/α-hetero) is 1. The topological polar surface area (TPSA) is 55.4 Å². The van der Waals surface area contributed by atoms with E-state index in [1.54, 1.807) is 0 Å². The number of esters is 1. The first-order valence-corrected chi connectivity index (χ1v) is 10.2. The highest BCUT2D eigenvalue weighted by atomic mass is 16.6. The van der Waals surface area contributed by atoms with Gasteiger partial charge in [-0.05, 0) is 42.5 Å². The Morgan fingerprint density at radius 2 is 1.53 bits per heavy atom. The Labute approximate surface area is 176 Å². The molecule has 0 spiro atoms. The first kappa shape index (κ1) is 19.9. The quantitative estimate of drug-likeness (QED) is 0.477. The second-order valence-corrected chi connectivity index (χ2v) is 7.80. The zero-order valence-electron chi connectivity index (χ0n) is 17.0. The minimum atomic E-state index is -0.986. The Hall–Kier alpha value is -3.40. The average Bonchev–Trinajstić information content (AvgIpc) is 2.77. The van der Waals surface area contributed by atoms with Crippen LogP contribution < -0.4 is 5.32 Å². The number of hydrogen-bond acceptors (Lipinski definition) is 4. The number of nitrogens with one attached hydrogen (secondary N) is 1. The number of ketones is 1. The fraction of sp³-hybridized carbons (Fsp3) is 0.231. The Balaban J connectivity index is 1.60. The van der Waals surface area contributed by atoms with Gasteiger partial charge in [0.25, 0.3) is 0 Å². The number of carbonyl (C=O) groups is 2. The van der Waals surface area contributed by atoms with Crippen LogP contribution in [0.25, 0.3) is 0 Å². The number of benzene rings is 3. The van der Waals surface area contributed by atoms with E-state index in [1.807, 2.05) is 91.9 Å². The summed E-state index contributed by atoms with van der Waals surface area (Å²) in [6.07, 6.45) is 1.42. The standard InChI is InChI=1S/C26H25NO3/c1-19-10-8-9-15-22(19)27-24-23(28)18-26(30-25(24)29,21-13-6-3-7-14-21)17-16-20-11-4-2-5-12-20/h2-15,24,27H,16-18H2,1H3. The van der Waals surface area contributed by atoms with Gasteiger partial charge in [-0.2, -0.15) is 0 Å². The summed E-state index contributed by atoms with van der Waals surface area (Å²) < 4.78 is 6.05. The van der Waals surface area contributed by atoms with Crippen molar-refractivity contribution in [2.75, 3.05) is 5.32 Å². The van der Waals surface area contributed by atoms with Gasteiger partial charge in [0.05, 0.1) is 6.42 Å². The van der Waals surface area contributed by atoms with Crippen molar-refractivity contribution in [3.63, 3.8) is 0 Å². The summed E-state index contributed by atoms with van der Waals surface area (Å²) in [6, 6.07) is 26.3. The van der Waals surface area contributed by atoms with E-state index < -0.39 is 17.6 Å². The van der Waals surface area contributed by atoms with E-state index in [4.69, 9.17) is 4.74 Å². The molecule has 4 nitrogen and oxygen atoms in total. The summed E-state index contributed by atoms with van der Waals surface area (Å²) in [5, 5.41) is 3.09. The Kier molecular flexibility index (Phi) is 5.66. The smallest absolute Gasteiger partial charge is 0.337 e. The van der Waals surface area contributed by atoms with Crippen LogP contribution >= 0.6 is 0 Å². The van der Waals surface area contributed by atoms with Crippen LogP contribution in [0.15, 0.2) is 84.9 Å². The number of para-hydroxylation sites is 1. The van der Waals surface area contributed by atoms with E-state index in [0.29, 0.717) is 12.8 Å². The molecular formula is C26H25NO3. The summed E-state index contributed by atoms with van der Waals surface area (Å²) in [4.78, 5) is 26.2. The Morgan fingerprint density at radius 1 is 0.900 bits per heavy atom. The first-order valence-electron chi connectivity index (χ1n) is 10.2. The lowest BCUT2D eigenvalue weighted by Crippen LogP contribution is -2.52. The summed E-state index contributed by atoms with van der Waals surface area (Å²) in [5.41, 5.74) is 2.80. The van der Waals surface area contributed by atoms with Crippen LogP contribution in [0.3, 0.4) is 0 Å². The first-order chi connectivity index (χ1) is 14.6. The lowest BCUT2D eigenvalue weighted by molar-refractivity contribution is -0.174. The maximum atomic E-state index is 13.2. The molecule has 1 N–H and O–H groups in total. The van der Waals surface area contributed by atoms with Gasteiger partial charge < -0.3 is 10.1 Å². The van der Waals surface area contributed by atoms with Crippen molar-refractivity contribution in [1.82, 2.24) is 0 Å². The van der Waals surface area contributed by atoms with Crippen molar-refractivity contribution in [1.29, 1.82) is 0 Å². The highest BCUT2D eigenvalue weighted by Gasteiger charge is 2.47. The van der Waals surface area contributed by atoms with Gasteiger partial charge in [-0.25, -0.2) is 4.79 Å². The van der Waals surface area contributed by atoms with E-state index in [2.05, 4.69) is 5.32 Å². The van der Waals surface area contributed by atoms with Crippen LogP contribution in [-0.4, -0.2) is 17.8 Å². The van der Waals surface area contributed by atoms with Gasteiger partial charge in [-0.1, -0.05) is 78.9 Å². The third-order valence-electron chi connectivity index (χ3n) is 5.72. The zero-order valence-corrected chi connectivity index (χ0v) is 17.0. The maximum absolute atomic E-state index is 13.2. The third-order valence-corrected chi connectivity index (χ3v) is 5.72. The Morgan fingerprint density at radius 3 is 2.20 bits per heavy atom. The lowest BCUT2D eigenvalue weighted by atomic mass is 9.80. The predicted molar refractivity (Wildman–Crippen MR) is 117 cm³/mol. The molecule has 0 aromatic heterocycles. The van der Waals surface area contributed by atoms with Crippen LogP contribution in [0.1, 0.15) is 29.5 Å². The van der Waals surface area contributed by atoms with Crippen LogP contribution in [0, 0.1) is 6.92 Å². The predicted octanol–water partition coefficient (Wildman–Crippen LogP) is 4.82. The van der Waals surface area contributed by atoms with Crippen molar-refractivity contribution in [2.45, 2.75) is 37.8 Å². The minimum Gasteiger partial charge on any atom is -0.452 e. The van der Waals surface area contributed by atoms with Crippen LogP contribution in [0.5, 0.6) is 0 Å². The highest BCUT2D eigenvalue weighted by Crippen LogP contribution is 2.39. The molecule has 1 aliphatic rings. The fourth-order valence-corrected chi connectivity index (χ4v) is 4.01. The van der Waals surface area contributed by atoms with Gasteiger partial charge in [-0.15, -0.1) is 0 Å². The minimum absolute atomic E-state index is 0.147. The normalized spacial score (nSPS) is 21.2. The van der Waals surface area contributed by atoms with E-state index in [1.165, 1.54) is 0 Å². The molecule has 0 aliphatic carbocycles. The molecule has 1 heterocycles. The summed E-state index contributed by atoms with van der Waals surface area (Å²) in [6.45, 7) is 1.94. The third kappa shape index (κ3) is 4.13. The number of aryl methyl sites for hydroxylation is 2. The molecule has 1 fully saturated rings. The molecular weight excluding hydrogens is 374 g/mol. The molecule has 1 saturated heterocycles. The maximum Gasteiger partial charge on any atom is 0.337 e. The van der Waals surface area contributed by atoms with Crippen LogP contribution in [-0.2, 0) is 26.3 Å². The molecule has 0 radical (unpaired) electrons. The average molecular weight is 399 g/mol. The molecule has 4 heteroatoms. The number of hydrogen-bond donors (Lipinski definition) is 1. The van der Waals surface area contributed by atoms with E-state index >= 15 is 0 Å². The largest absolute Gasteiger partial charge is 0.452 e. The molecule has 2 unspecified atom stereocenters. The van der Waals surface area contributed by atoms with E-state index in [9.17, 15) is 9.59 Å². The highest BCUT2D eigenvalue weighted by molar-refractivity contribution is 6.08. The van der Waals surface area contributed by atoms with Crippen molar-refractivity contribution < 1.29 is 14.3 Å². The summed E-state index contributed by atoms with van der Waals surface area (Å²) in [7, 11) is 0. The SMILES string of the molecule is Cc1ccccc1NC1C(=O)CC(CCc2ccccc2)(c2ccccc2)OC1=O. The van der Waals surface area contributed by atoms with Gasteiger partial charge >= 0.3 is 5.97 Å². The van der Waals surface area contributed by atoms with Gasteiger partial charge in [0, 0.05) is 5.69 Å². The van der Waals surface area contributed by atoms with Crippen LogP contribution in [0.2, 0.25) is 0 Å². The molecule has 3 aromatic carbocycles. The van der Waals surface area contributed by atoms with E-state index in [0.717, 1.165) is 22.4 Å². The molecule has 30 heavy (non-hydrogen) atoms. The van der Waals surface area contributed by atoms with E-state index in [-0.39, 0.29) is 12.2 Å². The number of ether oxygens (including phenoxy) is 1. The summed E-state index contributed by atoms with van der Waals surface area (Å²) in [5.74, 6) is -0.669. The van der Waals surface area contributed by atoms with Gasteiger partial charge in [0.1, 0.15) is 5.60 Å². The van der Waals surface area contributed by atoms with Crippen molar-refractivity contribution in [2.24, 2.45) is 0 Å². The molecule has 152 valence electrons. The molecule has 1 aliphatic heterocycles. The zero-order chi connectivity index (χ0) is 21.0. The number of cyclic esters (lactones) is 1. The number of carbonyl (C=O) groups excluding carboxylic acids is 2. The van der Waals surface area contributed by atoms with Crippen molar-refractivity contribution >= 4 is 17.4 Å². The molecule has 2 atom stereocenters. The summed E-state index contributed by atoms with van der Waals surface area (Å²) >= 11 is 0. The fourth-order valence-electron chi connectivity index (χ4n) is 4.01. The molecule has 0 bridgehead atoms.